The van der Waals surface area contributed by atoms with E-state index in [1.165, 1.54) is 0 Å². The van der Waals surface area contributed by atoms with Crippen molar-refractivity contribution in [3.8, 4) is 0 Å². The second-order valence-electron chi connectivity index (χ2n) is 1.49. The minimum atomic E-state index is -5.01. The number of alkyl halides is 6. The van der Waals surface area contributed by atoms with Gasteiger partial charge in [0.1, 0.15) is 0 Å². The van der Waals surface area contributed by atoms with E-state index in [9.17, 15) is 26.3 Å². The summed E-state index contributed by atoms with van der Waals surface area (Å²) >= 11 is -5.01. The molecule has 0 spiro atoms. The summed E-state index contributed by atoms with van der Waals surface area (Å²) in [6.07, 6.45) is 0. The van der Waals surface area contributed by atoms with Crippen LogP contribution in [0.1, 0.15) is 0 Å². The average molecular weight is 275 g/mol. The number of hydrogen-bond acceptors (Lipinski definition) is 0. The molecule has 0 aliphatic rings. The van der Waals surface area contributed by atoms with Gasteiger partial charge in [-0.2, -0.15) is 0 Å². The van der Waals surface area contributed by atoms with Crippen LogP contribution in [0.5, 0.6) is 0 Å². The van der Waals surface area contributed by atoms with E-state index in [0.717, 1.165) is 0 Å². The minimum absolute atomic E-state index is 0.267. The maximum atomic E-state index is 11.3. The van der Waals surface area contributed by atoms with Gasteiger partial charge in [0, 0.05) is 0 Å². The van der Waals surface area contributed by atoms with E-state index in [0.29, 0.717) is 0 Å². The normalized spacial score (nSPS) is 14.4. The fourth-order valence-electron chi connectivity index (χ4n) is 0.144. The maximum absolute atomic E-state index is 11.3. The Morgan fingerprint density at radius 3 is 1.00 bits per heavy atom. The third kappa shape index (κ3) is 2.99. The van der Waals surface area contributed by atoms with Crippen LogP contribution in [0, 0.1) is 0 Å². The number of hydrogen-bond donors (Lipinski definition) is 0. The van der Waals surface area contributed by atoms with E-state index in [4.69, 9.17) is 0 Å². The molecule has 7 heteroatoms. The Morgan fingerprint density at radius 1 is 0.800 bits per heavy atom. The van der Waals surface area contributed by atoms with Crippen molar-refractivity contribution in [3.05, 3.63) is 0 Å². The molecule has 0 rings (SSSR count). The SMILES string of the molecule is [CH3][Sb]([C](F)(F)F)[C](F)(F)F. The third-order valence-electron chi connectivity index (χ3n) is 0.761. The van der Waals surface area contributed by atoms with Crippen LogP contribution in [-0.4, -0.2) is 28.5 Å². The molecule has 0 saturated carbocycles. The Labute approximate surface area is 60.2 Å². The van der Waals surface area contributed by atoms with E-state index in [1.54, 1.807) is 0 Å². The van der Waals surface area contributed by atoms with Crippen LogP contribution in [0.25, 0.3) is 0 Å². The van der Waals surface area contributed by atoms with Crippen LogP contribution in [0.3, 0.4) is 0 Å². The molecule has 0 aromatic rings. The van der Waals surface area contributed by atoms with Gasteiger partial charge in [-0.15, -0.1) is 0 Å². The Bertz CT molecular complexity index is 97.1. The first-order valence-corrected chi connectivity index (χ1v) is 7.13. The van der Waals surface area contributed by atoms with Gasteiger partial charge in [0.15, 0.2) is 0 Å². The summed E-state index contributed by atoms with van der Waals surface area (Å²) in [6.45, 7) is 0. The molecule has 0 heterocycles. The Hall–Kier alpha value is 0.398. The molecule has 0 aromatic heterocycles. The second-order valence-corrected chi connectivity index (χ2v) is 7.58. The Morgan fingerprint density at radius 2 is 1.00 bits per heavy atom. The summed E-state index contributed by atoms with van der Waals surface area (Å²) in [4.78, 5) is 0.267. The first-order valence-electron chi connectivity index (χ1n) is 2.03. The van der Waals surface area contributed by atoms with Crippen molar-refractivity contribution in [2.45, 2.75) is 13.1 Å². The van der Waals surface area contributed by atoms with E-state index < -0.39 is 28.5 Å². The van der Waals surface area contributed by atoms with E-state index in [2.05, 4.69) is 0 Å². The molecule has 0 unspecified atom stereocenters. The Kier molecular flexibility index (Phi) is 2.91. The van der Waals surface area contributed by atoms with E-state index >= 15 is 0 Å². The van der Waals surface area contributed by atoms with Gasteiger partial charge in [0.05, 0.1) is 0 Å². The first kappa shape index (κ1) is 10.4. The van der Waals surface area contributed by atoms with Gasteiger partial charge in [-0.25, -0.2) is 0 Å². The van der Waals surface area contributed by atoms with Crippen molar-refractivity contribution in [1.82, 2.24) is 0 Å². The quantitative estimate of drug-likeness (QED) is 0.470. The molecule has 0 atom stereocenters. The van der Waals surface area contributed by atoms with Gasteiger partial charge in [-0.1, -0.05) is 0 Å². The van der Waals surface area contributed by atoms with Crippen LogP contribution in [-0.2, 0) is 0 Å². The van der Waals surface area contributed by atoms with Gasteiger partial charge in [-0.05, 0) is 0 Å². The van der Waals surface area contributed by atoms with Crippen LogP contribution in [0.4, 0.5) is 26.3 Å². The molecule has 0 fully saturated rings. The summed E-state index contributed by atoms with van der Waals surface area (Å²) in [6, 6.07) is 0. The molecule has 0 aliphatic heterocycles. The standard InChI is InChI=1S/2CF3.CH3.Sb/c2*2-1(3)4;;/h;;1H3;. The van der Waals surface area contributed by atoms with Crippen LogP contribution >= 0.6 is 0 Å². The van der Waals surface area contributed by atoms with Crippen LogP contribution in [0.2, 0.25) is 4.87 Å². The van der Waals surface area contributed by atoms with Gasteiger partial charge in [0.2, 0.25) is 0 Å². The fourth-order valence-corrected chi connectivity index (χ4v) is 0.964. The zero-order chi connectivity index (χ0) is 8.58. The van der Waals surface area contributed by atoms with E-state index in [1.807, 2.05) is 0 Å². The summed E-state index contributed by atoms with van der Waals surface area (Å²) in [5.41, 5.74) is 0. The number of halogens is 6. The van der Waals surface area contributed by atoms with Crippen molar-refractivity contribution in [1.29, 1.82) is 0 Å². The number of rotatable bonds is 0. The molecule has 0 saturated heterocycles. The zero-order valence-corrected chi connectivity index (χ0v) is 7.27. The van der Waals surface area contributed by atoms with Crippen molar-refractivity contribution >= 4 is 20.2 Å². The molecule has 0 bridgehead atoms. The topological polar surface area (TPSA) is 0 Å². The van der Waals surface area contributed by atoms with Crippen molar-refractivity contribution in [3.63, 3.8) is 0 Å². The van der Waals surface area contributed by atoms with Crippen molar-refractivity contribution < 1.29 is 26.3 Å². The van der Waals surface area contributed by atoms with Crippen molar-refractivity contribution in [2.75, 3.05) is 0 Å². The summed E-state index contributed by atoms with van der Waals surface area (Å²) in [5, 5.41) is 0. The molecule has 0 aromatic carbocycles. The molecule has 0 amide bonds. The van der Waals surface area contributed by atoms with Gasteiger partial charge < -0.3 is 0 Å². The third-order valence-corrected chi connectivity index (χ3v) is 5.10. The van der Waals surface area contributed by atoms with Crippen LogP contribution < -0.4 is 0 Å². The molecule has 0 aliphatic carbocycles. The zero-order valence-electron chi connectivity index (χ0n) is 4.72. The molecule has 10 heavy (non-hydrogen) atoms. The molecule has 62 valence electrons. The predicted molar refractivity (Wildman–Crippen MR) is 23.7 cm³/mol. The van der Waals surface area contributed by atoms with Gasteiger partial charge >= 0.3 is 59.7 Å². The predicted octanol–water partition coefficient (Wildman–Crippen LogP) is 2.31. The van der Waals surface area contributed by atoms with Crippen LogP contribution in [0.15, 0.2) is 0 Å². The Balaban J connectivity index is 4.23. The molecule has 0 nitrogen and oxygen atoms in total. The molecular weight excluding hydrogens is 272 g/mol. The summed E-state index contributed by atoms with van der Waals surface area (Å²) in [7, 11) is 0. The summed E-state index contributed by atoms with van der Waals surface area (Å²) < 4.78 is 57.8. The summed E-state index contributed by atoms with van der Waals surface area (Å²) in [5.74, 6) is 0. The van der Waals surface area contributed by atoms with Crippen molar-refractivity contribution in [2.24, 2.45) is 0 Å². The molecule has 0 radical (unpaired) electrons. The second kappa shape index (κ2) is 2.80. The average Bonchev–Trinajstić information content (AvgIpc) is 1.59. The molecular formula is C3H3F6Sb. The molecule has 0 N–H and O–H groups in total. The monoisotopic (exact) mass is 274 g/mol. The van der Waals surface area contributed by atoms with E-state index in [-0.39, 0.29) is 4.87 Å². The van der Waals surface area contributed by atoms with Gasteiger partial charge in [0.25, 0.3) is 0 Å². The first-order chi connectivity index (χ1) is 4.15. The van der Waals surface area contributed by atoms with Gasteiger partial charge in [-0.3, -0.25) is 0 Å². The fraction of sp³-hybridized carbons (Fsp3) is 1.00.